The second-order valence-electron chi connectivity index (χ2n) is 3.79. The third-order valence-electron chi connectivity index (χ3n) is 2.61. The highest BCUT2D eigenvalue weighted by Crippen LogP contribution is 2.19. The van der Waals surface area contributed by atoms with Crippen LogP contribution in [0.25, 0.3) is 0 Å². The van der Waals surface area contributed by atoms with Gasteiger partial charge in [-0.3, -0.25) is 14.9 Å². The van der Waals surface area contributed by atoms with Crippen molar-refractivity contribution in [2.24, 2.45) is 0 Å². The van der Waals surface area contributed by atoms with Gasteiger partial charge in [0, 0.05) is 30.9 Å². The van der Waals surface area contributed by atoms with E-state index in [1.807, 2.05) is 0 Å². The smallest absolute Gasteiger partial charge is 0.270 e. The molecule has 0 aliphatic carbocycles. The molecular weight excluding hydrogens is 246 g/mol. The summed E-state index contributed by atoms with van der Waals surface area (Å²) in [5.41, 5.74) is 0.532. The van der Waals surface area contributed by atoms with Gasteiger partial charge in [0.25, 0.3) is 5.69 Å². The van der Waals surface area contributed by atoms with Crippen LogP contribution >= 0.6 is 0 Å². The van der Waals surface area contributed by atoms with Crippen LogP contribution in [0.2, 0.25) is 0 Å². The van der Waals surface area contributed by atoms with Crippen molar-refractivity contribution in [1.29, 1.82) is 0 Å². The number of nitrogens with zero attached hydrogens (tertiary/aromatic N) is 2. The van der Waals surface area contributed by atoms with Gasteiger partial charge in [0.05, 0.1) is 10.5 Å². The molecule has 6 heteroatoms. The van der Waals surface area contributed by atoms with Gasteiger partial charge in [-0.2, -0.15) is 0 Å². The number of nitrogens with one attached hydrogen (secondary N) is 1. The van der Waals surface area contributed by atoms with Gasteiger partial charge < -0.3 is 5.32 Å². The number of hydrogen-bond donors (Lipinski definition) is 1. The Bertz CT molecular complexity index is 641. The summed E-state index contributed by atoms with van der Waals surface area (Å²) in [5.74, 6) is 0.139. The molecule has 1 N–H and O–H groups in total. The first kappa shape index (κ1) is 12.7. The van der Waals surface area contributed by atoms with Gasteiger partial charge in [-0.25, -0.2) is 4.98 Å². The lowest BCUT2D eigenvalue weighted by molar-refractivity contribution is -0.384. The second kappa shape index (κ2) is 5.26. The van der Waals surface area contributed by atoms with E-state index < -0.39 is 4.92 Å². The standard InChI is InChI=1S/C13H11N3O3/c1-14-13-11(6-3-7-15-13)12(17)9-4-2-5-10(8-9)16(18)19/h2-8H,1H3,(H,14,15). The molecule has 0 aliphatic rings. The minimum Gasteiger partial charge on any atom is -0.373 e. The molecule has 96 valence electrons. The number of aromatic nitrogens is 1. The lowest BCUT2D eigenvalue weighted by Gasteiger charge is -2.06. The second-order valence-corrected chi connectivity index (χ2v) is 3.79. The molecule has 19 heavy (non-hydrogen) atoms. The fraction of sp³-hybridized carbons (Fsp3) is 0.0769. The van der Waals surface area contributed by atoms with Gasteiger partial charge >= 0.3 is 0 Å². The van der Waals surface area contributed by atoms with Crippen molar-refractivity contribution in [3.63, 3.8) is 0 Å². The van der Waals surface area contributed by atoms with Gasteiger partial charge in [-0.1, -0.05) is 12.1 Å². The minimum atomic E-state index is -0.529. The van der Waals surface area contributed by atoms with Crippen LogP contribution < -0.4 is 5.32 Å². The van der Waals surface area contributed by atoms with Gasteiger partial charge in [0.2, 0.25) is 0 Å². The maximum atomic E-state index is 12.3. The summed E-state index contributed by atoms with van der Waals surface area (Å²) in [4.78, 5) is 26.5. The Morgan fingerprint density at radius 1 is 1.32 bits per heavy atom. The molecule has 1 aromatic carbocycles. The van der Waals surface area contributed by atoms with Crippen LogP contribution in [0, 0.1) is 10.1 Å². The summed E-state index contributed by atoms with van der Waals surface area (Å²) in [6, 6.07) is 8.90. The van der Waals surface area contributed by atoms with Gasteiger partial charge in [-0.15, -0.1) is 0 Å². The highest BCUT2D eigenvalue weighted by molar-refractivity contribution is 6.12. The molecule has 0 aliphatic heterocycles. The monoisotopic (exact) mass is 257 g/mol. The Balaban J connectivity index is 2.44. The molecule has 0 saturated carbocycles. The summed E-state index contributed by atoms with van der Waals surface area (Å²) < 4.78 is 0. The topological polar surface area (TPSA) is 85.1 Å². The molecule has 0 atom stereocenters. The largest absolute Gasteiger partial charge is 0.373 e. The van der Waals surface area contributed by atoms with Crippen LogP contribution in [0.1, 0.15) is 15.9 Å². The Morgan fingerprint density at radius 3 is 2.79 bits per heavy atom. The van der Waals surface area contributed by atoms with Crippen molar-refractivity contribution in [3.05, 3.63) is 63.8 Å². The Kier molecular flexibility index (Phi) is 3.51. The number of ketones is 1. The molecule has 0 bridgehead atoms. The van der Waals surface area contributed by atoms with E-state index in [2.05, 4.69) is 10.3 Å². The van der Waals surface area contributed by atoms with Crippen molar-refractivity contribution >= 4 is 17.3 Å². The molecular formula is C13H11N3O3. The highest BCUT2D eigenvalue weighted by Gasteiger charge is 2.16. The van der Waals surface area contributed by atoms with Crippen molar-refractivity contribution < 1.29 is 9.72 Å². The maximum absolute atomic E-state index is 12.3. The number of rotatable bonds is 4. The molecule has 1 aromatic heterocycles. The number of carbonyl (C=O) groups excluding carboxylic acids is 1. The molecule has 0 unspecified atom stereocenters. The molecule has 0 amide bonds. The average Bonchev–Trinajstić information content (AvgIpc) is 2.46. The fourth-order valence-electron chi connectivity index (χ4n) is 1.70. The summed E-state index contributed by atoms with van der Waals surface area (Å²) >= 11 is 0. The van der Waals surface area contributed by atoms with Crippen LogP contribution in [-0.4, -0.2) is 22.7 Å². The lowest BCUT2D eigenvalue weighted by Crippen LogP contribution is -2.07. The zero-order chi connectivity index (χ0) is 13.8. The number of anilines is 1. The third kappa shape index (κ3) is 2.57. The van der Waals surface area contributed by atoms with Crippen LogP contribution in [0.4, 0.5) is 11.5 Å². The van der Waals surface area contributed by atoms with Crippen molar-refractivity contribution in [1.82, 2.24) is 4.98 Å². The van der Waals surface area contributed by atoms with E-state index in [1.54, 1.807) is 31.4 Å². The SMILES string of the molecule is CNc1ncccc1C(=O)c1cccc([N+](=O)[O-])c1. The fourth-order valence-corrected chi connectivity index (χ4v) is 1.70. The van der Waals surface area contributed by atoms with Gasteiger partial charge in [0.1, 0.15) is 5.82 Å². The number of hydrogen-bond acceptors (Lipinski definition) is 5. The molecule has 6 nitrogen and oxygen atoms in total. The summed E-state index contributed by atoms with van der Waals surface area (Å²) in [6.07, 6.45) is 1.57. The summed E-state index contributed by atoms with van der Waals surface area (Å²) in [6.45, 7) is 0. The van der Waals surface area contributed by atoms with Crippen molar-refractivity contribution in [2.75, 3.05) is 12.4 Å². The van der Waals surface area contributed by atoms with Crippen LogP contribution in [0.15, 0.2) is 42.6 Å². The van der Waals surface area contributed by atoms with Crippen LogP contribution in [0.5, 0.6) is 0 Å². The number of non-ortho nitro benzene ring substituents is 1. The number of nitro benzene ring substituents is 1. The minimum absolute atomic E-state index is 0.110. The molecule has 1 heterocycles. The van der Waals surface area contributed by atoms with Crippen molar-refractivity contribution in [2.45, 2.75) is 0 Å². The first-order valence-electron chi connectivity index (χ1n) is 5.55. The molecule has 0 radical (unpaired) electrons. The lowest BCUT2D eigenvalue weighted by atomic mass is 10.0. The van der Waals surface area contributed by atoms with E-state index >= 15 is 0 Å². The Labute approximate surface area is 109 Å². The van der Waals surface area contributed by atoms with Crippen molar-refractivity contribution in [3.8, 4) is 0 Å². The predicted octanol–water partition coefficient (Wildman–Crippen LogP) is 2.26. The first-order valence-corrected chi connectivity index (χ1v) is 5.55. The number of carbonyl (C=O) groups is 1. The molecule has 0 saturated heterocycles. The number of nitro groups is 1. The summed E-state index contributed by atoms with van der Waals surface area (Å²) in [7, 11) is 1.66. The maximum Gasteiger partial charge on any atom is 0.270 e. The number of benzene rings is 1. The Morgan fingerprint density at radius 2 is 2.11 bits per heavy atom. The van der Waals surface area contributed by atoms with E-state index in [-0.39, 0.29) is 17.0 Å². The zero-order valence-electron chi connectivity index (χ0n) is 10.2. The van der Waals surface area contributed by atoms with E-state index in [4.69, 9.17) is 0 Å². The number of pyridine rings is 1. The molecule has 0 fully saturated rings. The molecule has 2 aromatic rings. The van der Waals surface area contributed by atoms with Gasteiger partial charge in [0.15, 0.2) is 5.78 Å². The van der Waals surface area contributed by atoms with Crippen LogP contribution in [-0.2, 0) is 0 Å². The summed E-state index contributed by atoms with van der Waals surface area (Å²) in [5, 5.41) is 13.5. The third-order valence-corrected chi connectivity index (χ3v) is 2.61. The quantitative estimate of drug-likeness (QED) is 0.516. The Hall–Kier alpha value is -2.76. The first-order chi connectivity index (χ1) is 9.13. The molecule has 2 rings (SSSR count). The highest BCUT2D eigenvalue weighted by atomic mass is 16.6. The van der Waals surface area contributed by atoms with E-state index in [1.165, 1.54) is 18.2 Å². The van der Waals surface area contributed by atoms with E-state index in [0.717, 1.165) is 0 Å². The van der Waals surface area contributed by atoms with Crippen LogP contribution in [0.3, 0.4) is 0 Å². The average molecular weight is 257 g/mol. The zero-order valence-corrected chi connectivity index (χ0v) is 10.2. The van der Waals surface area contributed by atoms with E-state index in [0.29, 0.717) is 11.4 Å². The van der Waals surface area contributed by atoms with Gasteiger partial charge in [-0.05, 0) is 12.1 Å². The van der Waals surface area contributed by atoms with E-state index in [9.17, 15) is 14.9 Å². The predicted molar refractivity (Wildman–Crippen MR) is 70.3 cm³/mol. The normalized spacial score (nSPS) is 9.95. The molecule has 0 spiro atoms.